The second kappa shape index (κ2) is 7.49. The van der Waals surface area contributed by atoms with Gasteiger partial charge in [0.15, 0.2) is 6.20 Å². The Kier molecular flexibility index (Phi) is 4.34. The molecule has 31 heavy (non-hydrogen) atoms. The fraction of sp³-hybridized carbons (Fsp3) is 0.393. The number of hydrogen-bond acceptors (Lipinski definition) is 2. The zero-order valence-corrected chi connectivity index (χ0v) is 18.5. The van der Waals surface area contributed by atoms with Crippen molar-refractivity contribution in [2.45, 2.75) is 51.0 Å². The van der Waals surface area contributed by atoms with Gasteiger partial charge in [0.25, 0.3) is 0 Å². The van der Waals surface area contributed by atoms with Gasteiger partial charge in [-0.25, -0.2) is 4.57 Å². The fourth-order valence-electron chi connectivity index (χ4n) is 5.82. The zero-order chi connectivity index (χ0) is 21.9. The summed E-state index contributed by atoms with van der Waals surface area (Å²) in [5, 5.41) is 2.27. The fourth-order valence-corrected chi connectivity index (χ4v) is 5.82. The molecule has 0 amide bonds. The first kappa shape index (κ1) is 18.0. The molecule has 0 bridgehead atoms. The molecule has 0 spiro atoms. The van der Waals surface area contributed by atoms with Crippen molar-refractivity contribution in [2.75, 3.05) is 13.1 Å². The van der Waals surface area contributed by atoms with Crippen LogP contribution in [0.1, 0.15) is 50.5 Å². The van der Waals surface area contributed by atoms with Crippen LogP contribution in [0.5, 0.6) is 0 Å². The lowest BCUT2D eigenvalue weighted by Gasteiger charge is -2.42. The molecule has 0 aliphatic carbocycles. The number of benzene rings is 2. The first-order chi connectivity index (χ1) is 15.5. The van der Waals surface area contributed by atoms with Gasteiger partial charge in [0, 0.05) is 42.8 Å². The largest absolute Gasteiger partial charge is 0.455 e. The van der Waals surface area contributed by atoms with E-state index in [1.165, 1.54) is 24.8 Å². The number of aryl methyl sites for hydroxylation is 2. The lowest BCUT2D eigenvalue weighted by Crippen LogP contribution is -2.45. The number of aromatic nitrogens is 1. The molecule has 2 aromatic carbocycles. The van der Waals surface area contributed by atoms with Crippen LogP contribution in [0.25, 0.3) is 33.2 Å². The van der Waals surface area contributed by atoms with Gasteiger partial charge in [-0.15, -0.1) is 0 Å². The molecule has 2 saturated heterocycles. The van der Waals surface area contributed by atoms with E-state index in [9.17, 15) is 1.37 Å². The maximum Gasteiger partial charge on any atom is 0.216 e. The molecular formula is C28H31N2O+. The molecule has 4 aromatic rings. The van der Waals surface area contributed by atoms with Gasteiger partial charge in [-0.3, -0.25) is 4.90 Å². The van der Waals surface area contributed by atoms with E-state index in [4.69, 9.17) is 4.42 Å². The molecule has 3 heteroatoms. The Morgan fingerprint density at radius 3 is 2.77 bits per heavy atom. The van der Waals surface area contributed by atoms with Crippen LogP contribution in [-0.2, 0) is 7.05 Å². The summed E-state index contributed by atoms with van der Waals surface area (Å²) in [6, 6.07) is 17.7. The van der Waals surface area contributed by atoms with Gasteiger partial charge in [0.1, 0.15) is 18.2 Å². The van der Waals surface area contributed by atoms with Gasteiger partial charge < -0.3 is 4.42 Å². The average Bonchev–Trinajstić information content (AvgIpc) is 3.18. The van der Waals surface area contributed by atoms with Crippen LogP contribution >= 0.6 is 0 Å². The van der Waals surface area contributed by atoms with Gasteiger partial charge in [0.05, 0.1) is 5.56 Å². The molecular weight excluding hydrogens is 380 g/mol. The maximum absolute atomic E-state index is 9.53. The minimum Gasteiger partial charge on any atom is -0.455 e. The number of para-hydroxylation sites is 1. The molecule has 2 aliphatic heterocycles. The molecule has 3 nitrogen and oxygen atoms in total. The molecule has 2 aromatic heterocycles. The van der Waals surface area contributed by atoms with Crippen molar-refractivity contribution in [3.05, 3.63) is 65.9 Å². The highest BCUT2D eigenvalue weighted by atomic mass is 16.3. The Hall–Kier alpha value is -2.65. The zero-order valence-electron chi connectivity index (χ0n) is 19.5. The summed E-state index contributed by atoms with van der Waals surface area (Å²) in [7, 11) is 2.08. The number of piperidine rings is 2. The van der Waals surface area contributed by atoms with E-state index in [-0.39, 0.29) is 0 Å². The molecule has 2 aliphatic rings. The van der Waals surface area contributed by atoms with Crippen molar-refractivity contribution in [3.63, 3.8) is 0 Å². The lowest BCUT2D eigenvalue weighted by molar-refractivity contribution is -0.660. The Morgan fingerprint density at radius 1 is 0.968 bits per heavy atom. The van der Waals surface area contributed by atoms with E-state index in [1.54, 1.807) is 0 Å². The van der Waals surface area contributed by atoms with E-state index >= 15 is 0 Å². The van der Waals surface area contributed by atoms with Crippen LogP contribution in [0.15, 0.2) is 59.1 Å². The second-order valence-corrected chi connectivity index (χ2v) is 9.38. The molecule has 6 rings (SSSR count). The van der Waals surface area contributed by atoms with E-state index in [1.807, 2.05) is 0 Å². The van der Waals surface area contributed by atoms with Gasteiger partial charge in [0.2, 0.25) is 5.69 Å². The van der Waals surface area contributed by atoms with Gasteiger partial charge in [-0.05, 0) is 56.3 Å². The normalized spacial score (nSPS) is 25.0. The number of furan rings is 1. The quantitative estimate of drug-likeness (QED) is 0.370. The van der Waals surface area contributed by atoms with E-state index in [0.717, 1.165) is 64.7 Å². The summed E-state index contributed by atoms with van der Waals surface area (Å²) in [5.41, 5.74) is 6.38. The molecule has 0 N–H and O–H groups in total. The van der Waals surface area contributed by atoms with E-state index < -0.39 is 5.89 Å². The first-order valence-electron chi connectivity index (χ1n) is 12.2. The lowest BCUT2D eigenvalue weighted by atomic mass is 9.83. The third-order valence-electron chi connectivity index (χ3n) is 7.49. The number of fused-ring (bicyclic) bond motifs is 4. The third-order valence-corrected chi connectivity index (χ3v) is 7.49. The smallest absolute Gasteiger partial charge is 0.216 e. The topological polar surface area (TPSA) is 20.3 Å². The summed E-state index contributed by atoms with van der Waals surface area (Å²) in [6.45, 7) is 4.10. The van der Waals surface area contributed by atoms with E-state index in [2.05, 4.69) is 78.2 Å². The molecule has 2 atom stereocenters. The SMILES string of the molecule is [2H]C1(c2cccc3c2oc2c(-c4cccc[n+]4C)c(C)ccc23)CCC2CCCCN2C1. The van der Waals surface area contributed by atoms with Crippen LogP contribution in [0.4, 0.5) is 0 Å². The van der Waals surface area contributed by atoms with Crippen LogP contribution in [0.2, 0.25) is 0 Å². The van der Waals surface area contributed by atoms with Gasteiger partial charge in [-0.1, -0.05) is 36.8 Å². The molecule has 158 valence electrons. The first-order valence-corrected chi connectivity index (χ1v) is 11.7. The minimum atomic E-state index is -0.617. The van der Waals surface area contributed by atoms with Crippen molar-refractivity contribution < 1.29 is 10.4 Å². The number of nitrogens with zero attached hydrogens (tertiary/aromatic N) is 2. The molecule has 2 fully saturated rings. The van der Waals surface area contributed by atoms with Crippen LogP contribution < -0.4 is 4.57 Å². The monoisotopic (exact) mass is 412 g/mol. The average molecular weight is 413 g/mol. The Morgan fingerprint density at radius 2 is 1.87 bits per heavy atom. The van der Waals surface area contributed by atoms with Crippen LogP contribution in [-0.4, -0.2) is 24.0 Å². The van der Waals surface area contributed by atoms with Crippen molar-refractivity contribution in [1.29, 1.82) is 0 Å². The molecule has 2 unspecified atom stereocenters. The Labute approximate surface area is 185 Å². The molecule has 0 saturated carbocycles. The van der Waals surface area contributed by atoms with Crippen molar-refractivity contribution in [3.8, 4) is 11.3 Å². The number of hydrogen-bond donors (Lipinski definition) is 0. The Bertz CT molecular complexity index is 1330. The minimum absolute atomic E-state index is 0.617. The summed E-state index contributed by atoms with van der Waals surface area (Å²) in [4.78, 5) is 2.57. The number of rotatable bonds is 2. The summed E-state index contributed by atoms with van der Waals surface area (Å²) in [6.07, 6.45) is 8.00. The van der Waals surface area contributed by atoms with E-state index in [0.29, 0.717) is 6.04 Å². The van der Waals surface area contributed by atoms with Crippen LogP contribution in [0.3, 0.4) is 0 Å². The summed E-state index contributed by atoms with van der Waals surface area (Å²) >= 11 is 0. The van der Waals surface area contributed by atoms with Crippen molar-refractivity contribution in [2.24, 2.45) is 7.05 Å². The second-order valence-electron chi connectivity index (χ2n) is 9.38. The van der Waals surface area contributed by atoms with Gasteiger partial charge in [-0.2, -0.15) is 0 Å². The van der Waals surface area contributed by atoms with Gasteiger partial charge >= 0.3 is 0 Å². The van der Waals surface area contributed by atoms with Crippen molar-refractivity contribution >= 4 is 21.9 Å². The predicted octanol–water partition coefficient (Wildman–Crippen LogP) is 6.12. The highest BCUT2D eigenvalue weighted by molar-refractivity contribution is 6.10. The summed E-state index contributed by atoms with van der Waals surface area (Å²) < 4.78 is 18.4. The summed E-state index contributed by atoms with van der Waals surface area (Å²) in [5.74, 6) is -0.617. The highest BCUT2D eigenvalue weighted by Crippen LogP contribution is 2.42. The Balaban J connectivity index is 1.55. The third kappa shape index (κ3) is 3.10. The standard InChI is InChI=1S/C28H31N2O/c1-19-12-15-24-23-10-7-9-22(20-13-14-21-8-3-6-17-30(21)18-20)27(23)31-28(24)26(19)25-11-4-5-16-29(25)2/h4-5,7,9-12,15-16,20-21H,3,6,8,13-14,17-18H2,1-2H3/q+1/i20D. The van der Waals surface area contributed by atoms with Crippen molar-refractivity contribution in [1.82, 2.24) is 4.90 Å². The highest BCUT2D eigenvalue weighted by Gasteiger charge is 2.32. The maximum atomic E-state index is 9.53. The predicted molar refractivity (Wildman–Crippen MR) is 126 cm³/mol. The number of pyridine rings is 1. The molecule has 4 heterocycles. The van der Waals surface area contributed by atoms with Crippen LogP contribution in [0, 0.1) is 6.92 Å². The molecule has 0 radical (unpaired) electrons.